The minimum atomic E-state index is -0.908. The number of carboxylic acids is 1. The maximum atomic E-state index is 13.2. The first kappa shape index (κ1) is 16.6. The SMILES string of the molecule is CCCCn1c(C(=O)N2CCCC2C(=O)O)c(C)c2ccccc21. The number of unbranched alkanes of at least 4 members (excludes halogenated alkanes) is 1. The number of hydrogen-bond donors (Lipinski definition) is 1. The van der Waals surface area contributed by atoms with E-state index in [0.717, 1.165) is 42.3 Å². The fourth-order valence-electron chi connectivity index (χ4n) is 3.70. The van der Waals surface area contributed by atoms with Gasteiger partial charge in [0.05, 0.1) is 0 Å². The number of carbonyl (C=O) groups is 2. The number of carbonyl (C=O) groups excluding carboxylic acids is 1. The molecule has 1 saturated heterocycles. The van der Waals surface area contributed by atoms with Gasteiger partial charge in [-0.3, -0.25) is 4.79 Å². The monoisotopic (exact) mass is 328 g/mol. The molecule has 2 heterocycles. The molecule has 3 rings (SSSR count). The Balaban J connectivity index is 2.09. The summed E-state index contributed by atoms with van der Waals surface area (Å²) in [7, 11) is 0. The third-order valence-corrected chi connectivity index (χ3v) is 4.96. The largest absolute Gasteiger partial charge is 0.480 e. The molecule has 0 spiro atoms. The molecule has 1 amide bonds. The summed E-state index contributed by atoms with van der Waals surface area (Å²) >= 11 is 0. The van der Waals surface area contributed by atoms with E-state index in [2.05, 4.69) is 11.5 Å². The Hall–Kier alpha value is -2.30. The van der Waals surface area contributed by atoms with E-state index in [-0.39, 0.29) is 5.91 Å². The van der Waals surface area contributed by atoms with Crippen LogP contribution in [0.25, 0.3) is 10.9 Å². The van der Waals surface area contributed by atoms with E-state index in [9.17, 15) is 14.7 Å². The van der Waals surface area contributed by atoms with E-state index >= 15 is 0 Å². The summed E-state index contributed by atoms with van der Waals surface area (Å²) in [6.07, 6.45) is 3.31. The quantitative estimate of drug-likeness (QED) is 0.914. The maximum absolute atomic E-state index is 13.2. The molecular weight excluding hydrogens is 304 g/mol. The van der Waals surface area contributed by atoms with Gasteiger partial charge in [0.1, 0.15) is 11.7 Å². The fraction of sp³-hybridized carbons (Fsp3) is 0.474. The number of rotatable bonds is 5. The maximum Gasteiger partial charge on any atom is 0.326 e. The topological polar surface area (TPSA) is 62.5 Å². The van der Waals surface area contributed by atoms with Gasteiger partial charge in [0.15, 0.2) is 0 Å². The first-order valence-electron chi connectivity index (χ1n) is 8.67. The number of likely N-dealkylation sites (tertiary alicyclic amines) is 1. The van der Waals surface area contributed by atoms with Crippen molar-refractivity contribution < 1.29 is 14.7 Å². The lowest BCUT2D eigenvalue weighted by molar-refractivity contribution is -0.141. The van der Waals surface area contributed by atoms with Crippen LogP contribution in [0.2, 0.25) is 0 Å². The number of fused-ring (bicyclic) bond motifs is 1. The predicted octanol–water partition coefficient (Wildman–Crippen LogP) is 3.44. The lowest BCUT2D eigenvalue weighted by Crippen LogP contribution is -2.41. The molecule has 24 heavy (non-hydrogen) atoms. The number of benzene rings is 1. The van der Waals surface area contributed by atoms with Crippen molar-refractivity contribution in [3.05, 3.63) is 35.5 Å². The van der Waals surface area contributed by atoms with E-state index in [0.29, 0.717) is 18.7 Å². The van der Waals surface area contributed by atoms with Crippen LogP contribution in [0.15, 0.2) is 24.3 Å². The Morgan fingerprint density at radius 3 is 2.75 bits per heavy atom. The van der Waals surface area contributed by atoms with Crippen molar-refractivity contribution in [1.82, 2.24) is 9.47 Å². The molecule has 1 N–H and O–H groups in total. The van der Waals surface area contributed by atoms with Gasteiger partial charge in [-0.25, -0.2) is 4.79 Å². The third-order valence-electron chi connectivity index (χ3n) is 4.96. The zero-order valence-electron chi connectivity index (χ0n) is 14.3. The normalized spacial score (nSPS) is 17.6. The van der Waals surface area contributed by atoms with Gasteiger partial charge in [-0.2, -0.15) is 0 Å². The predicted molar refractivity (Wildman–Crippen MR) is 93.3 cm³/mol. The second kappa shape index (κ2) is 6.67. The Morgan fingerprint density at radius 2 is 2.04 bits per heavy atom. The molecule has 1 aromatic carbocycles. The Labute approximate surface area is 141 Å². The highest BCUT2D eigenvalue weighted by molar-refractivity contribution is 6.03. The van der Waals surface area contributed by atoms with Crippen molar-refractivity contribution in [2.24, 2.45) is 0 Å². The minimum absolute atomic E-state index is 0.148. The van der Waals surface area contributed by atoms with E-state index < -0.39 is 12.0 Å². The number of aromatic nitrogens is 1. The van der Waals surface area contributed by atoms with Gasteiger partial charge in [-0.05, 0) is 37.8 Å². The van der Waals surface area contributed by atoms with Gasteiger partial charge in [0.25, 0.3) is 5.91 Å². The van der Waals surface area contributed by atoms with Crippen LogP contribution in [0.4, 0.5) is 0 Å². The van der Waals surface area contributed by atoms with E-state index in [4.69, 9.17) is 0 Å². The lowest BCUT2D eigenvalue weighted by Gasteiger charge is -2.23. The molecule has 0 radical (unpaired) electrons. The van der Waals surface area contributed by atoms with Crippen molar-refractivity contribution in [2.45, 2.75) is 52.1 Å². The second-order valence-corrected chi connectivity index (χ2v) is 6.49. The molecule has 1 aliphatic rings. The average Bonchev–Trinajstić information content (AvgIpc) is 3.16. The molecular formula is C19H24N2O3. The Morgan fingerprint density at radius 1 is 1.29 bits per heavy atom. The molecule has 1 aliphatic heterocycles. The van der Waals surface area contributed by atoms with Crippen molar-refractivity contribution >= 4 is 22.8 Å². The first-order chi connectivity index (χ1) is 11.6. The summed E-state index contributed by atoms with van der Waals surface area (Å²) in [5.41, 5.74) is 2.65. The lowest BCUT2D eigenvalue weighted by atomic mass is 10.1. The number of aliphatic carboxylic acids is 1. The first-order valence-corrected chi connectivity index (χ1v) is 8.67. The van der Waals surface area contributed by atoms with Crippen molar-refractivity contribution in [3.8, 4) is 0 Å². The molecule has 1 fully saturated rings. The molecule has 0 bridgehead atoms. The molecule has 1 unspecified atom stereocenters. The van der Waals surface area contributed by atoms with Gasteiger partial charge < -0.3 is 14.6 Å². The van der Waals surface area contributed by atoms with Crippen molar-refractivity contribution in [1.29, 1.82) is 0 Å². The van der Waals surface area contributed by atoms with Gasteiger partial charge in [0, 0.05) is 24.0 Å². The van der Waals surface area contributed by atoms with Gasteiger partial charge in [0.2, 0.25) is 0 Å². The van der Waals surface area contributed by atoms with E-state index in [1.807, 2.05) is 31.2 Å². The summed E-state index contributed by atoms with van der Waals surface area (Å²) < 4.78 is 2.08. The van der Waals surface area contributed by atoms with Crippen LogP contribution in [-0.2, 0) is 11.3 Å². The number of aryl methyl sites for hydroxylation is 2. The van der Waals surface area contributed by atoms with E-state index in [1.165, 1.54) is 4.90 Å². The number of carboxylic acid groups (broad SMARTS) is 1. The molecule has 2 aromatic rings. The van der Waals surface area contributed by atoms with Crippen molar-refractivity contribution in [3.63, 3.8) is 0 Å². The van der Waals surface area contributed by atoms with Gasteiger partial charge >= 0.3 is 5.97 Å². The summed E-state index contributed by atoms with van der Waals surface area (Å²) in [5, 5.41) is 10.5. The molecule has 5 heteroatoms. The Kier molecular flexibility index (Phi) is 4.60. The highest BCUT2D eigenvalue weighted by Crippen LogP contribution is 2.29. The molecule has 0 aliphatic carbocycles. The van der Waals surface area contributed by atoms with Crippen LogP contribution in [-0.4, -0.2) is 39.0 Å². The second-order valence-electron chi connectivity index (χ2n) is 6.49. The van der Waals surface area contributed by atoms with E-state index in [1.54, 1.807) is 0 Å². The smallest absolute Gasteiger partial charge is 0.326 e. The molecule has 5 nitrogen and oxygen atoms in total. The van der Waals surface area contributed by atoms with Gasteiger partial charge in [-0.15, -0.1) is 0 Å². The van der Waals surface area contributed by atoms with Crippen LogP contribution in [0.5, 0.6) is 0 Å². The molecule has 1 aromatic heterocycles. The molecule has 128 valence electrons. The highest BCUT2D eigenvalue weighted by Gasteiger charge is 2.36. The molecule has 0 saturated carbocycles. The standard InChI is InChI=1S/C19H24N2O3/c1-3-4-11-20-15-9-6-5-8-14(15)13(2)17(20)18(22)21-12-7-10-16(21)19(23)24/h5-6,8-9,16H,3-4,7,10-12H2,1-2H3,(H,23,24). The van der Waals surface area contributed by atoms with Gasteiger partial charge in [-0.1, -0.05) is 31.5 Å². The number of amides is 1. The average molecular weight is 328 g/mol. The Bertz CT molecular complexity index is 778. The summed E-state index contributed by atoms with van der Waals surface area (Å²) in [6, 6.07) is 7.32. The fourth-order valence-corrected chi connectivity index (χ4v) is 3.70. The summed E-state index contributed by atoms with van der Waals surface area (Å²) in [4.78, 5) is 26.2. The van der Waals surface area contributed by atoms with Crippen LogP contribution in [0.1, 0.15) is 48.7 Å². The van der Waals surface area contributed by atoms with Crippen LogP contribution in [0, 0.1) is 6.92 Å². The summed E-state index contributed by atoms with van der Waals surface area (Å²) in [5.74, 6) is -1.06. The molecule has 1 atom stereocenters. The zero-order chi connectivity index (χ0) is 17.3. The zero-order valence-corrected chi connectivity index (χ0v) is 14.3. The summed E-state index contributed by atoms with van der Waals surface area (Å²) in [6.45, 7) is 5.38. The highest BCUT2D eigenvalue weighted by atomic mass is 16.4. The van der Waals surface area contributed by atoms with Crippen LogP contribution < -0.4 is 0 Å². The number of nitrogens with zero attached hydrogens (tertiary/aromatic N) is 2. The minimum Gasteiger partial charge on any atom is -0.480 e. The van der Waals surface area contributed by atoms with Crippen molar-refractivity contribution in [2.75, 3.05) is 6.54 Å². The third kappa shape index (κ3) is 2.68. The number of hydrogen-bond acceptors (Lipinski definition) is 2. The number of para-hydroxylation sites is 1. The van der Waals surface area contributed by atoms with Crippen LogP contribution in [0.3, 0.4) is 0 Å². The van der Waals surface area contributed by atoms with Crippen LogP contribution >= 0.6 is 0 Å².